The standard InChI is InChI=1S/C25H23N5O2S/c1-16-20-15-21(33-25(20)30(28-16)18-9-5-4-6-10-18)24(31)27-22(23-26-12-13-29(23)2)17-8-7-11-19(14-17)32-3/h4-15,22H,1-3H3,(H,27,31). The molecule has 3 aromatic heterocycles. The van der Waals surface area contributed by atoms with Crippen LogP contribution in [0, 0.1) is 6.92 Å². The molecular weight excluding hydrogens is 434 g/mol. The Hall–Kier alpha value is -3.91. The van der Waals surface area contributed by atoms with Crippen LogP contribution in [0.5, 0.6) is 5.75 Å². The zero-order valence-corrected chi connectivity index (χ0v) is 19.3. The number of amides is 1. The van der Waals surface area contributed by atoms with Gasteiger partial charge in [-0.05, 0) is 42.8 Å². The molecule has 0 radical (unpaired) electrons. The highest BCUT2D eigenvalue weighted by Gasteiger charge is 2.24. The van der Waals surface area contributed by atoms with Crippen molar-refractivity contribution in [2.45, 2.75) is 13.0 Å². The number of hydrogen-bond acceptors (Lipinski definition) is 5. The monoisotopic (exact) mass is 457 g/mol. The molecule has 0 saturated carbocycles. The van der Waals surface area contributed by atoms with Crippen LogP contribution in [-0.2, 0) is 7.05 Å². The van der Waals surface area contributed by atoms with Gasteiger partial charge < -0.3 is 14.6 Å². The topological polar surface area (TPSA) is 74.0 Å². The number of carbonyl (C=O) groups excluding carboxylic acids is 1. The first kappa shape index (κ1) is 21.0. The van der Waals surface area contributed by atoms with E-state index in [9.17, 15) is 4.79 Å². The zero-order chi connectivity index (χ0) is 22.9. The SMILES string of the molecule is COc1cccc(C(NC(=O)c2cc3c(C)nn(-c4ccccc4)c3s2)c2nccn2C)c1. The van der Waals surface area contributed by atoms with Crippen molar-refractivity contribution in [3.8, 4) is 11.4 Å². The summed E-state index contributed by atoms with van der Waals surface area (Å²) in [6.07, 6.45) is 3.60. The first-order valence-corrected chi connectivity index (χ1v) is 11.3. The summed E-state index contributed by atoms with van der Waals surface area (Å²) in [6, 6.07) is 19.1. The summed E-state index contributed by atoms with van der Waals surface area (Å²) in [5.74, 6) is 1.30. The summed E-state index contributed by atoms with van der Waals surface area (Å²) in [4.78, 5) is 19.5. The number of hydrogen-bond donors (Lipinski definition) is 1. The van der Waals surface area contributed by atoms with Crippen LogP contribution in [0.1, 0.15) is 32.8 Å². The third-order valence-electron chi connectivity index (χ3n) is 5.59. The lowest BCUT2D eigenvalue weighted by Crippen LogP contribution is -2.30. The highest BCUT2D eigenvalue weighted by atomic mass is 32.1. The molecule has 5 rings (SSSR count). The number of imidazole rings is 1. The van der Waals surface area contributed by atoms with Crippen LogP contribution in [0.15, 0.2) is 73.1 Å². The van der Waals surface area contributed by atoms with Gasteiger partial charge in [0.15, 0.2) is 0 Å². The fourth-order valence-electron chi connectivity index (χ4n) is 3.88. The molecule has 33 heavy (non-hydrogen) atoms. The third-order valence-corrected chi connectivity index (χ3v) is 6.70. The summed E-state index contributed by atoms with van der Waals surface area (Å²) in [7, 11) is 3.54. The number of para-hydroxylation sites is 1. The molecular formula is C25H23N5O2S. The van der Waals surface area contributed by atoms with Crippen LogP contribution in [-0.4, -0.2) is 32.3 Å². The summed E-state index contributed by atoms with van der Waals surface area (Å²) in [5.41, 5.74) is 2.74. The molecule has 8 heteroatoms. The minimum Gasteiger partial charge on any atom is -0.497 e. The molecule has 166 valence electrons. The van der Waals surface area contributed by atoms with Gasteiger partial charge in [0.2, 0.25) is 0 Å². The smallest absolute Gasteiger partial charge is 0.262 e. The number of aromatic nitrogens is 4. The molecule has 0 aliphatic heterocycles. The molecule has 0 fully saturated rings. The van der Waals surface area contributed by atoms with Crippen LogP contribution in [0.4, 0.5) is 0 Å². The molecule has 0 saturated heterocycles. The van der Waals surface area contributed by atoms with E-state index in [4.69, 9.17) is 4.74 Å². The van der Waals surface area contributed by atoms with Crippen LogP contribution in [0.25, 0.3) is 15.9 Å². The van der Waals surface area contributed by atoms with E-state index >= 15 is 0 Å². The van der Waals surface area contributed by atoms with Crippen molar-refractivity contribution in [3.63, 3.8) is 0 Å². The van der Waals surface area contributed by atoms with Gasteiger partial charge in [-0.25, -0.2) is 9.67 Å². The van der Waals surface area contributed by atoms with Crippen molar-refractivity contribution in [3.05, 3.63) is 95.0 Å². The maximum atomic E-state index is 13.4. The highest BCUT2D eigenvalue weighted by molar-refractivity contribution is 7.20. The fraction of sp³-hybridized carbons (Fsp3) is 0.160. The van der Waals surface area contributed by atoms with Gasteiger partial charge in [-0.15, -0.1) is 11.3 Å². The summed E-state index contributed by atoms with van der Waals surface area (Å²) < 4.78 is 9.20. The number of aryl methyl sites for hydroxylation is 2. The van der Waals surface area contributed by atoms with Crippen molar-refractivity contribution >= 4 is 27.5 Å². The van der Waals surface area contributed by atoms with Crippen molar-refractivity contribution in [2.75, 3.05) is 7.11 Å². The number of ether oxygens (including phenoxy) is 1. The maximum Gasteiger partial charge on any atom is 0.262 e. The number of nitrogens with one attached hydrogen (secondary N) is 1. The number of carbonyl (C=O) groups is 1. The first-order chi connectivity index (χ1) is 16.0. The molecule has 1 atom stereocenters. The van der Waals surface area contributed by atoms with Gasteiger partial charge in [0, 0.05) is 24.8 Å². The van der Waals surface area contributed by atoms with Crippen molar-refractivity contribution < 1.29 is 9.53 Å². The van der Waals surface area contributed by atoms with Gasteiger partial charge in [0.25, 0.3) is 5.91 Å². The van der Waals surface area contributed by atoms with E-state index < -0.39 is 6.04 Å². The van der Waals surface area contributed by atoms with Gasteiger partial charge in [0.05, 0.1) is 23.4 Å². The van der Waals surface area contributed by atoms with Gasteiger partial charge in [0.1, 0.15) is 22.4 Å². The van der Waals surface area contributed by atoms with Gasteiger partial charge in [-0.1, -0.05) is 30.3 Å². The van der Waals surface area contributed by atoms with Crippen LogP contribution < -0.4 is 10.1 Å². The molecule has 1 amide bonds. The predicted molar refractivity (Wildman–Crippen MR) is 129 cm³/mol. The van der Waals surface area contributed by atoms with Gasteiger partial charge >= 0.3 is 0 Å². The maximum absolute atomic E-state index is 13.4. The Kier molecular flexibility index (Phi) is 5.43. The van der Waals surface area contributed by atoms with Crippen molar-refractivity contribution in [2.24, 2.45) is 7.05 Å². The molecule has 1 N–H and O–H groups in total. The second-order valence-electron chi connectivity index (χ2n) is 7.74. The van der Waals surface area contributed by atoms with Crippen LogP contribution >= 0.6 is 11.3 Å². The number of nitrogens with zero attached hydrogens (tertiary/aromatic N) is 4. The largest absolute Gasteiger partial charge is 0.497 e. The number of methoxy groups -OCH3 is 1. The molecule has 5 aromatic rings. The lowest BCUT2D eigenvalue weighted by atomic mass is 10.1. The Morgan fingerprint density at radius 2 is 1.94 bits per heavy atom. The summed E-state index contributed by atoms with van der Waals surface area (Å²) in [5, 5.41) is 8.82. The Bertz CT molecular complexity index is 1430. The van der Waals surface area contributed by atoms with E-state index in [-0.39, 0.29) is 5.91 Å². The van der Waals surface area contributed by atoms with Crippen molar-refractivity contribution in [1.82, 2.24) is 24.6 Å². The number of thiophene rings is 1. The zero-order valence-electron chi connectivity index (χ0n) is 18.5. The second-order valence-corrected chi connectivity index (χ2v) is 8.77. The molecule has 0 aliphatic rings. The summed E-state index contributed by atoms with van der Waals surface area (Å²) in [6.45, 7) is 1.96. The number of fused-ring (bicyclic) bond motifs is 1. The lowest BCUT2D eigenvalue weighted by Gasteiger charge is -2.19. The Morgan fingerprint density at radius 1 is 1.12 bits per heavy atom. The van der Waals surface area contributed by atoms with Crippen LogP contribution in [0.3, 0.4) is 0 Å². The molecule has 2 aromatic carbocycles. The lowest BCUT2D eigenvalue weighted by molar-refractivity contribution is 0.0945. The van der Waals surface area contributed by atoms with E-state index in [1.54, 1.807) is 13.3 Å². The van der Waals surface area contributed by atoms with E-state index in [1.807, 2.05) is 90.1 Å². The fourth-order valence-corrected chi connectivity index (χ4v) is 4.96. The minimum atomic E-state index is -0.426. The average molecular weight is 458 g/mol. The molecule has 0 bridgehead atoms. The van der Waals surface area contributed by atoms with Gasteiger partial charge in [-0.3, -0.25) is 4.79 Å². The molecule has 3 heterocycles. The van der Waals surface area contributed by atoms with E-state index in [0.29, 0.717) is 4.88 Å². The van der Waals surface area contributed by atoms with E-state index in [0.717, 1.165) is 38.7 Å². The Morgan fingerprint density at radius 3 is 2.67 bits per heavy atom. The van der Waals surface area contributed by atoms with E-state index in [1.165, 1.54) is 11.3 Å². The predicted octanol–water partition coefficient (Wildman–Crippen LogP) is 4.66. The molecule has 7 nitrogen and oxygen atoms in total. The van der Waals surface area contributed by atoms with E-state index in [2.05, 4.69) is 15.4 Å². The summed E-state index contributed by atoms with van der Waals surface area (Å²) >= 11 is 1.43. The number of benzene rings is 2. The first-order valence-electron chi connectivity index (χ1n) is 10.5. The highest BCUT2D eigenvalue weighted by Crippen LogP contribution is 2.31. The average Bonchev–Trinajstić information content (AvgIpc) is 3.54. The normalized spacial score (nSPS) is 12.1. The molecule has 0 aliphatic carbocycles. The Labute approximate surface area is 195 Å². The van der Waals surface area contributed by atoms with Crippen molar-refractivity contribution in [1.29, 1.82) is 0 Å². The minimum absolute atomic E-state index is 0.161. The second kappa shape index (κ2) is 8.55. The Balaban J connectivity index is 1.52. The molecule has 1 unspecified atom stereocenters. The van der Waals surface area contributed by atoms with Crippen LogP contribution in [0.2, 0.25) is 0 Å². The third kappa shape index (κ3) is 3.89. The quantitative estimate of drug-likeness (QED) is 0.403. The van der Waals surface area contributed by atoms with Gasteiger partial charge in [-0.2, -0.15) is 5.10 Å². The molecule has 0 spiro atoms. The number of rotatable bonds is 6.